The zero-order valence-corrected chi connectivity index (χ0v) is 15.0. The molecular formula is C14H17F2N5O2S2. The van der Waals surface area contributed by atoms with Gasteiger partial charge in [0.2, 0.25) is 16.0 Å². The number of halogens is 2. The number of piperidine rings is 1. The van der Waals surface area contributed by atoms with Gasteiger partial charge in [-0.3, -0.25) is 4.98 Å². The number of nitrogens with zero attached hydrogens (tertiary/aromatic N) is 4. The fraction of sp³-hybridized carbons (Fsp3) is 0.500. The highest BCUT2D eigenvalue weighted by Crippen LogP contribution is 2.32. The first-order valence-corrected chi connectivity index (χ1v) is 10.3. The van der Waals surface area contributed by atoms with Crippen LogP contribution in [0.15, 0.2) is 17.9 Å². The molecule has 25 heavy (non-hydrogen) atoms. The van der Waals surface area contributed by atoms with E-state index in [1.165, 1.54) is 28.1 Å². The summed E-state index contributed by atoms with van der Waals surface area (Å²) >= 11 is 1.23. The monoisotopic (exact) mass is 389 g/mol. The predicted octanol–water partition coefficient (Wildman–Crippen LogP) is 2.37. The highest BCUT2D eigenvalue weighted by molar-refractivity contribution is 7.88. The molecule has 11 heteroatoms. The first-order chi connectivity index (χ1) is 11.8. The third-order valence-electron chi connectivity index (χ3n) is 3.97. The molecule has 1 aliphatic rings. The number of alkyl halides is 2. The second-order valence-electron chi connectivity index (χ2n) is 5.74. The van der Waals surface area contributed by atoms with E-state index < -0.39 is 16.4 Å². The average molecular weight is 389 g/mol. The van der Waals surface area contributed by atoms with E-state index in [0.29, 0.717) is 30.8 Å². The Kier molecular flexibility index (Phi) is 5.25. The lowest BCUT2D eigenvalue weighted by Gasteiger charge is -2.30. The maximum Gasteiger partial charge on any atom is 0.267 e. The number of hydrogen-bond donors (Lipinski definition) is 1. The minimum absolute atomic E-state index is 0.00953. The van der Waals surface area contributed by atoms with Crippen molar-refractivity contribution < 1.29 is 17.2 Å². The molecule has 0 unspecified atom stereocenters. The van der Waals surface area contributed by atoms with E-state index in [2.05, 4.69) is 20.3 Å². The van der Waals surface area contributed by atoms with E-state index in [4.69, 9.17) is 0 Å². The van der Waals surface area contributed by atoms with Gasteiger partial charge in [-0.05, 0) is 12.8 Å². The first kappa shape index (κ1) is 18.1. The lowest BCUT2D eigenvalue weighted by Crippen LogP contribution is -2.42. The molecule has 0 aliphatic carbocycles. The van der Waals surface area contributed by atoms with Crippen LogP contribution in [-0.4, -0.2) is 53.1 Å². The normalized spacial score (nSPS) is 17.1. The zero-order valence-electron chi connectivity index (χ0n) is 13.4. The van der Waals surface area contributed by atoms with Gasteiger partial charge in [-0.2, -0.15) is 0 Å². The van der Waals surface area contributed by atoms with E-state index in [9.17, 15) is 17.2 Å². The molecule has 7 nitrogen and oxygen atoms in total. The van der Waals surface area contributed by atoms with E-state index in [1.54, 1.807) is 5.51 Å². The van der Waals surface area contributed by atoms with Crippen LogP contribution in [0.5, 0.6) is 0 Å². The smallest absolute Gasteiger partial charge is 0.267 e. The Morgan fingerprint density at radius 3 is 2.60 bits per heavy atom. The molecule has 1 saturated heterocycles. The summed E-state index contributed by atoms with van der Waals surface area (Å²) in [4.78, 5) is 12.7. The number of thiazole rings is 1. The number of sulfonamides is 1. The Morgan fingerprint density at radius 2 is 2.04 bits per heavy atom. The van der Waals surface area contributed by atoms with Crippen molar-refractivity contribution in [2.75, 3.05) is 24.7 Å². The maximum absolute atomic E-state index is 13.2. The Bertz CT molecular complexity index is 822. The number of aromatic nitrogens is 3. The molecule has 3 rings (SSSR count). The number of hydrogen-bond acceptors (Lipinski definition) is 7. The van der Waals surface area contributed by atoms with Crippen LogP contribution in [0.3, 0.4) is 0 Å². The van der Waals surface area contributed by atoms with Crippen LogP contribution in [-0.2, 0) is 10.0 Å². The Balaban J connectivity index is 1.75. The minimum atomic E-state index is -3.19. The van der Waals surface area contributed by atoms with Crippen molar-refractivity contribution in [2.24, 2.45) is 0 Å². The molecule has 0 amide bonds. The SMILES string of the molecule is CS(=O)(=O)N1CCC(Nc2ncc(C(F)F)c(-c3cncs3)n2)CC1. The molecule has 1 N–H and O–H groups in total. The molecule has 2 aromatic rings. The van der Waals surface area contributed by atoms with Crippen LogP contribution in [0.25, 0.3) is 10.6 Å². The molecule has 0 radical (unpaired) electrons. The Morgan fingerprint density at radius 1 is 1.32 bits per heavy atom. The average Bonchev–Trinajstić information content (AvgIpc) is 3.08. The fourth-order valence-corrected chi connectivity index (χ4v) is 4.17. The van der Waals surface area contributed by atoms with Gasteiger partial charge in [-0.25, -0.2) is 31.5 Å². The van der Waals surface area contributed by atoms with Gasteiger partial charge in [-0.15, -0.1) is 11.3 Å². The fourth-order valence-electron chi connectivity index (χ4n) is 2.66. The number of nitrogens with one attached hydrogen (secondary N) is 1. The summed E-state index contributed by atoms with van der Waals surface area (Å²) < 4.78 is 50.9. The van der Waals surface area contributed by atoms with Crippen molar-refractivity contribution in [3.63, 3.8) is 0 Å². The highest BCUT2D eigenvalue weighted by atomic mass is 32.2. The molecule has 2 aromatic heterocycles. The van der Waals surface area contributed by atoms with Crippen LogP contribution in [0, 0.1) is 0 Å². The highest BCUT2D eigenvalue weighted by Gasteiger charge is 2.26. The van der Waals surface area contributed by atoms with Crippen molar-refractivity contribution in [2.45, 2.75) is 25.3 Å². The van der Waals surface area contributed by atoms with Crippen LogP contribution in [0.2, 0.25) is 0 Å². The number of rotatable bonds is 5. The summed E-state index contributed by atoms with van der Waals surface area (Å²) in [7, 11) is -3.19. The molecule has 0 bridgehead atoms. The van der Waals surface area contributed by atoms with E-state index in [0.717, 1.165) is 6.20 Å². The summed E-state index contributed by atoms with van der Waals surface area (Å²) in [5.41, 5.74) is 1.49. The molecular weight excluding hydrogens is 372 g/mol. The van der Waals surface area contributed by atoms with E-state index in [-0.39, 0.29) is 23.2 Å². The minimum Gasteiger partial charge on any atom is -0.351 e. The third-order valence-corrected chi connectivity index (χ3v) is 6.06. The summed E-state index contributed by atoms with van der Waals surface area (Å²) in [5, 5.41) is 3.12. The van der Waals surface area contributed by atoms with Gasteiger partial charge < -0.3 is 5.32 Å². The second kappa shape index (κ2) is 7.26. The molecule has 3 heterocycles. The molecule has 0 aromatic carbocycles. The van der Waals surface area contributed by atoms with Gasteiger partial charge in [0.05, 0.1) is 27.9 Å². The van der Waals surface area contributed by atoms with Crippen molar-refractivity contribution in [1.82, 2.24) is 19.3 Å². The van der Waals surface area contributed by atoms with E-state index in [1.807, 2.05) is 0 Å². The van der Waals surface area contributed by atoms with E-state index >= 15 is 0 Å². The van der Waals surface area contributed by atoms with Crippen molar-refractivity contribution in [3.05, 3.63) is 23.5 Å². The van der Waals surface area contributed by atoms with Crippen molar-refractivity contribution >= 4 is 27.3 Å². The molecule has 1 fully saturated rings. The van der Waals surface area contributed by atoms with Crippen LogP contribution < -0.4 is 5.32 Å². The Labute approximate surface area is 148 Å². The van der Waals surface area contributed by atoms with Gasteiger partial charge in [0.25, 0.3) is 6.43 Å². The summed E-state index contributed by atoms with van der Waals surface area (Å²) in [6, 6.07) is -0.00953. The molecule has 0 saturated carbocycles. The summed E-state index contributed by atoms with van der Waals surface area (Å²) in [6.45, 7) is 0.820. The topological polar surface area (TPSA) is 88.1 Å². The molecule has 1 aliphatic heterocycles. The lowest BCUT2D eigenvalue weighted by molar-refractivity contribution is 0.151. The molecule has 0 spiro atoms. The maximum atomic E-state index is 13.2. The molecule has 0 atom stereocenters. The quantitative estimate of drug-likeness (QED) is 0.845. The van der Waals surface area contributed by atoms with Gasteiger partial charge in [0.1, 0.15) is 0 Å². The Hall–Kier alpha value is -1.72. The largest absolute Gasteiger partial charge is 0.351 e. The summed E-state index contributed by atoms with van der Waals surface area (Å²) in [5.74, 6) is 0.255. The third kappa shape index (κ3) is 4.28. The van der Waals surface area contributed by atoms with Crippen LogP contribution >= 0.6 is 11.3 Å². The molecule has 136 valence electrons. The van der Waals surface area contributed by atoms with Crippen molar-refractivity contribution in [1.29, 1.82) is 0 Å². The van der Waals surface area contributed by atoms with Crippen LogP contribution in [0.1, 0.15) is 24.8 Å². The van der Waals surface area contributed by atoms with Gasteiger partial charge >= 0.3 is 0 Å². The first-order valence-electron chi connectivity index (χ1n) is 7.60. The van der Waals surface area contributed by atoms with Crippen molar-refractivity contribution in [3.8, 4) is 10.6 Å². The lowest BCUT2D eigenvalue weighted by atomic mass is 10.1. The van der Waals surface area contributed by atoms with Gasteiger partial charge in [0, 0.05) is 31.5 Å². The number of anilines is 1. The van der Waals surface area contributed by atoms with Crippen LogP contribution in [0.4, 0.5) is 14.7 Å². The predicted molar refractivity (Wildman–Crippen MR) is 91.2 cm³/mol. The zero-order chi connectivity index (χ0) is 18.0. The summed E-state index contributed by atoms with van der Waals surface area (Å²) in [6.07, 6.45) is 2.33. The van der Waals surface area contributed by atoms with Gasteiger partial charge in [-0.1, -0.05) is 0 Å². The van der Waals surface area contributed by atoms with Gasteiger partial charge in [0.15, 0.2) is 0 Å². The second-order valence-corrected chi connectivity index (χ2v) is 8.61. The standard InChI is InChI=1S/C14H17F2N5O2S2/c1-25(22,23)21-4-2-9(3-5-21)19-14-18-6-10(13(15)16)12(20-14)11-7-17-8-24-11/h6-9,13H,2-5H2,1H3,(H,18,19,20).